The van der Waals surface area contributed by atoms with Gasteiger partial charge >= 0.3 is 5.69 Å². The number of carbonyl (C=O) groups excluding carboxylic acids is 1. The number of rotatable bonds is 3. The second-order valence-electron chi connectivity index (χ2n) is 5.37. The molecule has 0 heterocycles. The lowest BCUT2D eigenvalue weighted by Gasteiger charge is -2.27. The van der Waals surface area contributed by atoms with Crippen LogP contribution in [-0.2, 0) is 0 Å². The van der Waals surface area contributed by atoms with Gasteiger partial charge in [-0.1, -0.05) is 19.8 Å². The fourth-order valence-corrected chi connectivity index (χ4v) is 2.63. The molecule has 1 fully saturated rings. The van der Waals surface area contributed by atoms with Gasteiger partial charge in [-0.05, 0) is 30.9 Å². The number of halogens is 1. The van der Waals surface area contributed by atoms with Crippen molar-refractivity contribution in [2.24, 2.45) is 5.92 Å². The van der Waals surface area contributed by atoms with Crippen LogP contribution in [0.3, 0.4) is 0 Å². The molecule has 0 aromatic heterocycles. The maximum Gasteiger partial charge on any atom is 0.305 e. The quantitative estimate of drug-likeness (QED) is 0.683. The summed E-state index contributed by atoms with van der Waals surface area (Å²) < 4.78 is 13.2. The molecule has 108 valence electrons. The van der Waals surface area contributed by atoms with Crippen molar-refractivity contribution in [1.82, 2.24) is 5.32 Å². The van der Waals surface area contributed by atoms with Crippen molar-refractivity contribution in [3.05, 3.63) is 39.7 Å². The Bertz CT molecular complexity index is 533. The molecule has 1 saturated carbocycles. The third-order valence-electron chi connectivity index (χ3n) is 3.68. The summed E-state index contributed by atoms with van der Waals surface area (Å²) in [7, 11) is 0. The first-order chi connectivity index (χ1) is 9.47. The number of nitrogens with one attached hydrogen (secondary N) is 1. The van der Waals surface area contributed by atoms with Crippen LogP contribution in [0.4, 0.5) is 10.1 Å². The second-order valence-corrected chi connectivity index (χ2v) is 5.37. The molecule has 20 heavy (non-hydrogen) atoms. The number of hydrogen-bond donors (Lipinski definition) is 1. The summed E-state index contributed by atoms with van der Waals surface area (Å²) >= 11 is 0. The van der Waals surface area contributed by atoms with Crippen LogP contribution in [0.1, 0.15) is 43.0 Å². The highest BCUT2D eigenvalue weighted by Gasteiger charge is 2.22. The summed E-state index contributed by atoms with van der Waals surface area (Å²) in [6.45, 7) is 2.14. The molecule has 2 unspecified atom stereocenters. The number of nitro groups is 1. The van der Waals surface area contributed by atoms with Crippen molar-refractivity contribution in [2.45, 2.75) is 38.6 Å². The number of amides is 1. The summed E-state index contributed by atoms with van der Waals surface area (Å²) in [6.07, 6.45) is 4.05. The van der Waals surface area contributed by atoms with Crippen molar-refractivity contribution in [2.75, 3.05) is 0 Å². The van der Waals surface area contributed by atoms with Gasteiger partial charge < -0.3 is 5.32 Å². The number of benzene rings is 1. The molecule has 1 aromatic rings. The van der Waals surface area contributed by atoms with E-state index < -0.39 is 16.4 Å². The van der Waals surface area contributed by atoms with E-state index in [0.29, 0.717) is 5.92 Å². The largest absolute Gasteiger partial charge is 0.349 e. The highest BCUT2D eigenvalue weighted by molar-refractivity contribution is 5.95. The van der Waals surface area contributed by atoms with Crippen molar-refractivity contribution >= 4 is 11.6 Å². The van der Waals surface area contributed by atoms with Gasteiger partial charge in [-0.15, -0.1) is 0 Å². The van der Waals surface area contributed by atoms with Crippen molar-refractivity contribution in [1.29, 1.82) is 0 Å². The van der Waals surface area contributed by atoms with Gasteiger partial charge in [0.25, 0.3) is 5.91 Å². The van der Waals surface area contributed by atoms with E-state index in [-0.39, 0.29) is 17.5 Å². The van der Waals surface area contributed by atoms with Crippen molar-refractivity contribution in [3.8, 4) is 0 Å². The zero-order chi connectivity index (χ0) is 14.7. The standard InChI is InChI=1S/C14H17FN2O3/c1-9-3-2-4-11(7-9)16-14(18)10-5-6-12(15)13(8-10)17(19)20/h5-6,8-9,11H,2-4,7H2,1H3,(H,16,18). The van der Waals surface area contributed by atoms with E-state index in [9.17, 15) is 19.3 Å². The van der Waals surface area contributed by atoms with Gasteiger partial charge in [0.05, 0.1) is 4.92 Å². The van der Waals surface area contributed by atoms with E-state index in [1.54, 1.807) is 0 Å². The molecule has 0 bridgehead atoms. The molecule has 0 aliphatic heterocycles. The van der Waals surface area contributed by atoms with Crippen LogP contribution >= 0.6 is 0 Å². The first kappa shape index (κ1) is 14.4. The highest BCUT2D eigenvalue weighted by atomic mass is 19.1. The lowest BCUT2D eigenvalue weighted by molar-refractivity contribution is -0.387. The normalized spacial score (nSPS) is 22.3. The number of carbonyl (C=O) groups is 1. The fraction of sp³-hybridized carbons (Fsp3) is 0.500. The molecule has 0 saturated heterocycles. The number of hydrogen-bond acceptors (Lipinski definition) is 3. The molecule has 2 atom stereocenters. The monoisotopic (exact) mass is 280 g/mol. The summed E-state index contributed by atoms with van der Waals surface area (Å²) in [5.74, 6) is -0.748. The fourth-order valence-electron chi connectivity index (χ4n) is 2.63. The average molecular weight is 280 g/mol. The van der Waals surface area contributed by atoms with Crippen LogP contribution in [0.15, 0.2) is 18.2 Å². The summed E-state index contributed by atoms with van der Waals surface area (Å²) in [5, 5.41) is 13.5. The molecular formula is C14H17FN2O3. The van der Waals surface area contributed by atoms with Gasteiger partial charge in [0.15, 0.2) is 0 Å². The van der Waals surface area contributed by atoms with E-state index in [0.717, 1.165) is 37.8 Å². The molecule has 1 amide bonds. The predicted octanol–water partition coefficient (Wildman–Crippen LogP) is 3.04. The Morgan fingerprint density at radius 2 is 2.20 bits per heavy atom. The van der Waals surface area contributed by atoms with E-state index in [4.69, 9.17) is 0 Å². The van der Waals surface area contributed by atoms with Crippen LogP contribution in [0.5, 0.6) is 0 Å². The first-order valence-corrected chi connectivity index (χ1v) is 6.72. The molecule has 1 aromatic carbocycles. The molecule has 1 N–H and O–H groups in total. The molecule has 5 nitrogen and oxygen atoms in total. The van der Waals surface area contributed by atoms with Crippen LogP contribution < -0.4 is 5.32 Å². The third-order valence-corrected chi connectivity index (χ3v) is 3.68. The minimum Gasteiger partial charge on any atom is -0.349 e. The lowest BCUT2D eigenvalue weighted by Crippen LogP contribution is -2.38. The van der Waals surface area contributed by atoms with Crippen molar-refractivity contribution < 1.29 is 14.1 Å². The summed E-state index contributed by atoms with van der Waals surface area (Å²) in [5.41, 5.74) is -0.550. The molecule has 0 spiro atoms. The van der Waals surface area contributed by atoms with E-state index >= 15 is 0 Å². The van der Waals surface area contributed by atoms with Gasteiger partial charge in [0, 0.05) is 17.7 Å². The van der Waals surface area contributed by atoms with Crippen molar-refractivity contribution in [3.63, 3.8) is 0 Å². The second kappa shape index (κ2) is 5.98. The Morgan fingerprint density at radius 3 is 2.85 bits per heavy atom. The molecule has 1 aliphatic rings. The minimum absolute atomic E-state index is 0.0929. The van der Waals surface area contributed by atoms with Gasteiger partial charge in [-0.3, -0.25) is 14.9 Å². The number of nitrogens with zero attached hydrogens (tertiary/aromatic N) is 1. The SMILES string of the molecule is CC1CCCC(NC(=O)c2ccc(F)c([N+](=O)[O-])c2)C1. The van der Waals surface area contributed by atoms with Crippen LogP contribution in [-0.4, -0.2) is 16.9 Å². The molecule has 6 heteroatoms. The maximum atomic E-state index is 13.2. The number of nitro benzene ring substituents is 1. The Hall–Kier alpha value is -1.98. The zero-order valence-electron chi connectivity index (χ0n) is 11.3. The minimum atomic E-state index is -0.933. The molecule has 1 aliphatic carbocycles. The third kappa shape index (κ3) is 3.31. The van der Waals surface area contributed by atoms with Crippen LogP contribution in [0.25, 0.3) is 0 Å². The summed E-state index contributed by atoms with van der Waals surface area (Å²) in [6, 6.07) is 3.30. The predicted molar refractivity (Wildman–Crippen MR) is 71.9 cm³/mol. The Labute approximate surface area is 116 Å². The highest BCUT2D eigenvalue weighted by Crippen LogP contribution is 2.24. The van der Waals surface area contributed by atoms with Crippen LogP contribution in [0.2, 0.25) is 0 Å². The topological polar surface area (TPSA) is 72.2 Å². The van der Waals surface area contributed by atoms with Gasteiger partial charge in [0.2, 0.25) is 5.82 Å². The van der Waals surface area contributed by atoms with Crippen LogP contribution in [0, 0.1) is 21.8 Å². The average Bonchev–Trinajstić information content (AvgIpc) is 2.38. The van der Waals surface area contributed by atoms with E-state index in [1.807, 2.05) is 0 Å². The van der Waals surface area contributed by atoms with Gasteiger partial charge in [0.1, 0.15) is 0 Å². The van der Waals surface area contributed by atoms with E-state index in [1.165, 1.54) is 6.07 Å². The van der Waals surface area contributed by atoms with E-state index in [2.05, 4.69) is 12.2 Å². The lowest BCUT2D eigenvalue weighted by atomic mass is 9.87. The molecule has 0 radical (unpaired) electrons. The first-order valence-electron chi connectivity index (χ1n) is 6.72. The van der Waals surface area contributed by atoms with Gasteiger partial charge in [-0.25, -0.2) is 0 Å². The molecule has 2 rings (SSSR count). The smallest absolute Gasteiger partial charge is 0.305 e. The summed E-state index contributed by atoms with van der Waals surface area (Å²) in [4.78, 5) is 21.9. The Balaban J connectivity index is 2.09. The Morgan fingerprint density at radius 1 is 1.45 bits per heavy atom. The molecular weight excluding hydrogens is 263 g/mol. The Kier molecular flexibility index (Phi) is 4.32. The van der Waals surface area contributed by atoms with Gasteiger partial charge in [-0.2, -0.15) is 4.39 Å². The maximum absolute atomic E-state index is 13.2. The zero-order valence-corrected chi connectivity index (χ0v) is 11.3.